The molecule has 0 heterocycles. The van der Waals surface area contributed by atoms with Crippen LogP contribution < -0.4 is 9.73 Å². The number of carbonyl (C=O) groups excluding carboxylic acids is 1. The number of rotatable bonds is 7. The number of nitrogens with zero attached hydrogens (tertiary/aromatic N) is 3. The summed E-state index contributed by atoms with van der Waals surface area (Å²) in [5.41, 5.74) is 3.69. The van der Waals surface area contributed by atoms with Gasteiger partial charge in [-0.05, 0) is 36.1 Å². The lowest BCUT2D eigenvalue weighted by Gasteiger charge is -2.23. The van der Waals surface area contributed by atoms with Crippen molar-refractivity contribution >= 4 is 43.8 Å². The van der Waals surface area contributed by atoms with E-state index in [4.69, 9.17) is 0 Å². The summed E-state index contributed by atoms with van der Waals surface area (Å²) in [5, 5.41) is 16.3. The second kappa shape index (κ2) is 8.92. The van der Waals surface area contributed by atoms with Gasteiger partial charge in [0.15, 0.2) is 0 Å². The van der Waals surface area contributed by atoms with Crippen molar-refractivity contribution < 1.29 is 18.1 Å². The first kappa shape index (κ1) is 21.9. The van der Waals surface area contributed by atoms with Crippen molar-refractivity contribution in [2.24, 2.45) is 5.10 Å². The van der Waals surface area contributed by atoms with E-state index >= 15 is 0 Å². The average molecular weight is 440 g/mol. The first-order valence-electron chi connectivity index (χ1n) is 9.20. The average Bonchev–Trinajstić information content (AvgIpc) is 2.74. The Bertz CT molecular complexity index is 1270. The summed E-state index contributed by atoms with van der Waals surface area (Å²) in [4.78, 5) is 22.7. The Balaban J connectivity index is 1.80. The van der Waals surface area contributed by atoms with E-state index in [0.717, 1.165) is 15.9 Å². The van der Waals surface area contributed by atoms with E-state index in [2.05, 4.69) is 10.5 Å². The number of nitro benzene ring substituents is 1. The third-order valence-corrected chi connectivity index (χ3v) is 5.69. The molecular formula is C21H20N4O5S. The van der Waals surface area contributed by atoms with Crippen LogP contribution in [-0.2, 0) is 14.8 Å². The fourth-order valence-corrected chi connectivity index (χ4v) is 3.88. The van der Waals surface area contributed by atoms with Gasteiger partial charge < -0.3 is 0 Å². The molecule has 160 valence electrons. The minimum atomic E-state index is -3.75. The van der Waals surface area contributed by atoms with Crippen LogP contribution in [0.15, 0.2) is 71.8 Å². The number of nitro groups is 1. The molecule has 9 nitrogen and oxygen atoms in total. The van der Waals surface area contributed by atoms with E-state index in [1.54, 1.807) is 31.2 Å². The van der Waals surface area contributed by atoms with Crippen LogP contribution in [0.25, 0.3) is 10.8 Å². The van der Waals surface area contributed by atoms with Gasteiger partial charge in [0.2, 0.25) is 10.0 Å². The van der Waals surface area contributed by atoms with E-state index in [1.165, 1.54) is 24.3 Å². The minimum Gasteiger partial charge on any atom is -0.271 e. The molecule has 3 aromatic rings. The Morgan fingerprint density at radius 2 is 1.71 bits per heavy atom. The Morgan fingerprint density at radius 1 is 1.06 bits per heavy atom. The maximum Gasteiger partial charge on any atom is 0.269 e. The Labute approximate surface area is 179 Å². The van der Waals surface area contributed by atoms with Gasteiger partial charge in [-0.2, -0.15) is 5.10 Å². The van der Waals surface area contributed by atoms with Gasteiger partial charge in [0.1, 0.15) is 6.54 Å². The number of hydrogen-bond acceptors (Lipinski definition) is 6. The van der Waals surface area contributed by atoms with Crippen molar-refractivity contribution in [1.82, 2.24) is 5.43 Å². The van der Waals surface area contributed by atoms with E-state index in [9.17, 15) is 23.3 Å². The first-order valence-corrected chi connectivity index (χ1v) is 11.0. The number of sulfonamides is 1. The molecule has 31 heavy (non-hydrogen) atoms. The normalized spacial score (nSPS) is 11.9. The predicted octanol–water partition coefficient (Wildman–Crippen LogP) is 3.05. The molecule has 0 saturated carbocycles. The van der Waals surface area contributed by atoms with Gasteiger partial charge in [-0.25, -0.2) is 13.8 Å². The van der Waals surface area contributed by atoms with Gasteiger partial charge in [0.25, 0.3) is 11.6 Å². The molecule has 3 aromatic carbocycles. The molecule has 0 radical (unpaired) electrons. The summed E-state index contributed by atoms with van der Waals surface area (Å²) in [6, 6.07) is 18.2. The molecule has 0 aliphatic rings. The Morgan fingerprint density at radius 3 is 2.35 bits per heavy atom. The topological polar surface area (TPSA) is 122 Å². The van der Waals surface area contributed by atoms with Crippen molar-refractivity contribution in [2.75, 3.05) is 17.1 Å². The molecular weight excluding hydrogens is 420 g/mol. The zero-order valence-electron chi connectivity index (χ0n) is 16.8. The van der Waals surface area contributed by atoms with Crippen molar-refractivity contribution in [3.63, 3.8) is 0 Å². The molecule has 0 spiro atoms. The third-order valence-electron chi connectivity index (χ3n) is 4.57. The third kappa shape index (κ3) is 5.23. The number of non-ortho nitro benzene ring substituents is 1. The van der Waals surface area contributed by atoms with Crippen molar-refractivity contribution in [2.45, 2.75) is 6.92 Å². The van der Waals surface area contributed by atoms with Gasteiger partial charge in [-0.15, -0.1) is 0 Å². The summed E-state index contributed by atoms with van der Waals surface area (Å²) in [6.07, 6.45) is 1.04. The van der Waals surface area contributed by atoms with Crippen LogP contribution in [0, 0.1) is 10.1 Å². The number of amides is 1. The highest BCUT2D eigenvalue weighted by Gasteiger charge is 2.22. The number of hydrogen-bond donors (Lipinski definition) is 1. The summed E-state index contributed by atoms with van der Waals surface area (Å²) in [6.45, 7) is 1.17. The minimum absolute atomic E-state index is 0.0560. The maximum absolute atomic E-state index is 12.5. The number of anilines is 1. The van der Waals surface area contributed by atoms with E-state index in [0.29, 0.717) is 22.3 Å². The molecule has 1 N–H and O–H groups in total. The first-order chi connectivity index (χ1) is 14.7. The van der Waals surface area contributed by atoms with E-state index < -0.39 is 27.4 Å². The van der Waals surface area contributed by atoms with Crippen molar-refractivity contribution in [3.8, 4) is 0 Å². The maximum atomic E-state index is 12.5. The smallest absolute Gasteiger partial charge is 0.269 e. The van der Waals surface area contributed by atoms with Crippen LogP contribution in [-0.4, -0.2) is 37.8 Å². The zero-order valence-corrected chi connectivity index (χ0v) is 17.7. The van der Waals surface area contributed by atoms with Crippen molar-refractivity contribution in [1.29, 1.82) is 0 Å². The van der Waals surface area contributed by atoms with E-state index in [1.807, 2.05) is 18.2 Å². The van der Waals surface area contributed by atoms with Crippen LogP contribution in [0.5, 0.6) is 0 Å². The molecule has 0 aliphatic heterocycles. The molecule has 0 fully saturated rings. The summed E-state index contributed by atoms with van der Waals surface area (Å²) in [5.74, 6) is -0.625. The lowest BCUT2D eigenvalue weighted by Crippen LogP contribution is -2.39. The molecule has 3 rings (SSSR count). The molecule has 0 bridgehead atoms. The molecule has 0 unspecified atom stereocenters. The van der Waals surface area contributed by atoms with Crippen LogP contribution in [0.1, 0.15) is 12.5 Å². The SMILES string of the molecule is C/C(=N/NC(=O)CN(c1cccc2ccccc12)S(C)(=O)=O)c1ccc([N+](=O)[O-])cc1. The second-order valence-corrected chi connectivity index (χ2v) is 8.71. The van der Waals surface area contributed by atoms with Crippen LogP contribution in [0.3, 0.4) is 0 Å². The number of carbonyl (C=O) groups is 1. The number of hydrazone groups is 1. The number of fused-ring (bicyclic) bond motifs is 1. The Kier molecular flexibility index (Phi) is 6.30. The van der Waals surface area contributed by atoms with Crippen molar-refractivity contribution in [3.05, 3.63) is 82.4 Å². The highest BCUT2D eigenvalue weighted by Crippen LogP contribution is 2.28. The lowest BCUT2D eigenvalue weighted by molar-refractivity contribution is -0.384. The second-order valence-electron chi connectivity index (χ2n) is 6.80. The van der Waals surface area contributed by atoms with Crippen LogP contribution in [0.2, 0.25) is 0 Å². The van der Waals surface area contributed by atoms with E-state index in [-0.39, 0.29) is 5.69 Å². The zero-order chi connectivity index (χ0) is 22.6. The highest BCUT2D eigenvalue weighted by molar-refractivity contribution is 7.92. The molecule has 10 heteroatoms. The summed E-state index contributed by atoms with van der Waals surface area (Å²) in [7, 11) is -3.75. The van der Waals surface area contributed by atoms with Crippen LogP contribution >= 0.6 is 0 Å². The van der Waals surface area contributed by atoms with Crippen LogP contribution in [0.4, 0.5) is 11.4 Å². The van der Waals surface area contributed by atoms with Gasteiger partial charge in [-0.3, -0.25) is 19.2 Å². The number of benzene rings is 3. The van der Waals surface area contributed by atoms with Gasteiger partial charge >= 0.3 is 0 Å². The lowest BCUT2D eigenvalue weighted by atomic mass is 10.1. The molecule has 0 saturated heterocycles. The predicted molar refractivity (Wildman–Crippen MR) is 120 cm³/mol. The summed E-state index contributed by atoms with van der Waals surface area (Å²) >= 11 is 0. The standard InChI is InChI=1S/C21H20N4O5S/c1-15(16-10-12-18(13-11-16)25(27)28)22-23-21(26)14-24(31(2,29)30)20-9-5-7-17-6-3-4-8-19(17)20/h3-13H,14H2,1-2H3,(H,23,26)/b22-15-. The van der Waals surface area contributed by atoms with Gasteiger partial charge in [-0.1, -0.05) is 36.4 Å². The highest BCUT2D eigenvalue weighted by atomic mass is 32.2. The fourth-order valence-electron chi connectivity index (χ4n) is 3.01. The molecule has 0 aromatic heterocycles. The van der Waals surface area contributed by atoms with Gasteiger partial charge in [0.05, 0.1) is 22.6 Å². The quantitative estimate of drug-likeness (QED) is 0.344. The molecule has 0 aliphatic carbocycles. The molecule has 1 amide bonds. The summed E-state index contributed by atoms with van der Waals surface area (Å²) < 4.78 is 25.9. The number of nitrogens with one attached hydrogen (secondary N) is 1. The fraction of sp³-hybridized carbons (Fsp3) is 0.143. The van der Waals surface area contributed by atoms with Gasteiger partial charge in [0, 0.05) is 17.5 Å². The Hall–Kier alpha value is -3.79. The molecule has 0 atom stereocenters. The monoisotopic (exact) mass is 440 g/mol. The largest absolute Gasteiger partial charge is 0.271 e.